The highest BCUT2D eigenvalue weighted by Gasteiger charge is 2.28. The second-order valence-corrected chi connectivity index (χ2v) is 6.59. The number of rotatable bonds is 4. The van der Waals surface area contributed by atoms with Gasteiger partial charge < -0.3 is 9.47 Å². The summed E-state index contributed by atoms with van der Waals surface area (Å²) in [4.78, 5) is 28.6. The minimum Gasteiger partial charge on any atom is -0.452 e. The molecule has 2 aromatic carbocycles. The van der Waals surface area contributed by atoms with Crippen LogP contribution in [0.4, 0.5) is 0 Å². The first kappa shape index (κ1) is 17.9. The van der Waals surface area contributed by atoms with Crippen molar-refractivity contribution in [1.29, 1.82) is 0 Å². The van der Waals surface area contributed by atoms with Crippen molar-refractivity contribution in [3.05, 3.63) is 94.5 Å². The number of pyridine rings is 1. The van der Waals surface area contributed by atoms with E-state index in [-0.39, 0.29) is 18.0 Å². The molecule has 0 saturated carbocycles. The van der Waals surface area contributed by atoms with Crippen molar-refractivity contribution in [2.45, 2.75) is 6.42 Å². The number of benzene rings is 2. The van der Waals surface area contributed by atoms with Crippen LogP contribution in [0.5, 0.6) is 11.5 Å². The number of aromatic nitrogens is 1. The van der Waals surface area contributed by atoms with Crippen molar-refractivity contribution in [1.82, 2.24) is 4.98 Å². The lowest BCUT2D eigenvalue weighted by Crippen LogP contribution is -2.11. The van der Waals surface area contributed by atoms with Gasteiger partial charge in [0, 0.05) is 23.5 Å². The Morgan fingerprint density at radius 2 is 1.82 bits per heavy atom. The molecule has 0 unspecified atom stereocenters. The molecule has 0 aliphatic carbocycles. The molecule has 0 bridgehead atoms. The van der Waals surface area contributed by atoms with Crippen LogP contribution >= 0.6 is 11.6 Å². The van der Waals surface area contributed by atoms with Crippen molar-refractivity contribution in [2.24, 2.45) is 0 Å². The summed E-state index contributed by atoms with van der Waals surface area (Å²) in [6.45, 7) is 0. The monoisotopic (exact) mass is 391 g/mol. The molecular formula is C22H14ClNO4. The number of ether oxygens (including phenoxy) is 2. The predicted molar refractivity (Wildman–Crippen MR) is 104 cm³/mol. The van der Waals surface area contributed by atoms with Crippen molar-refractivity contribution in [3.8, 4) is 11.5 Å². The van der Waals surface area contributed by atoms with Crippen LogP contribution in [0.1, 0.15) is 21.5 Å². The molecule has 0 N–H and O–H groups in total. The smallest absolute Gasteiger partial charge is 0.315 e. The Morgan fingerprint density at radius 3 is 2.57 bits per heavy atom. The quantitative estimate of drug-likeness (QED) is 0.372. The standard InChI is InChI=1S/C22H14ClNO4/c23-16-3-1-14(2-4-16)12-21(25)27-17-5-6-18-19(13-17)28-20(22(18)26)11-15-7-9-24-10-8-15/h1-11,13H,12H2/b20-11-. The van der Waals surface area contributed by atoms with E-state index in [4.69, 9.17) is 21.1 Å². The number of esters is 1. The van der Waals surface area contributed by atoms with Gasteiger partial charge in [0.15, 0.2) is 5.76 Å². The highest BCUT2D eigenvalue weighted by atomic mass is 35.5. The van der Waals surface area contributed by atoms with E-state index in [0.717, 1.165) is 11.1 Å². The van der Waals surface area contributed by atoms with Crippen LogP contribution in [0, 0.1) is 0 Å². The fourth-order valence-electron chi connectivity index (χ4n) is 2.78. The van der Waals surface area contributed by atoms with Crippen LogP contribution in [0.15, 0.2) is 72.8 Å². The largest absolute Gasteiger partial charge is 0.452 e. The molecule has 28 heavy (non-hydrogen) atoms. The van der Waals surface area contributed by atoms with Gasteiger partial charge in [-0.1, -0.05) is 23.7 Å². The van der Waals surface area contributed by atoms with Crippen LogP contribution in [-0.2, 0) is 11.2 Å². The van der Waals surface area contributed by atoms with E-state index in [2.05, 4.69) is 4.98 Å². The molecular weight excluding hydrogens is 378 g/mol. The number of nitrogens with zero attached hydrogens (tertiary/aromatic N) is 1. The van der Waals surface area contributed by atoms with Gasteiger partial charge in [-0.25, -0.2) is 0 Å². The Hall–Kier alpha value is -3.44. The van der Waals surface area contributed by atoms with E-state index in [9.17, 15) is 9.59 Å². The first-order chi connectivity index (χ1) is 13.6. The fraction of sp³-hybridized carbons (Fsp3) is 0.0455. The summed E-state index contributed by atoms with van der Waals surface area (Å²) >= 11 is 5.84. The summed E-state index contributed by atoms with van der Waals surface area (Å²) < 4.78 is 11.0. The summed E-state index contributed by atoms with van der Waals surface area (Å²) in [5.74, 6) is 0.258. The van der Waals surface area contributed by atoms with Gasteiger partial charge in [-0.05, 0) is 53.6 Å². The molecule has 0 saturated heterocycles. The first-order valence-corrected chi connectivity index (χ1v) is 8.90. The molecule has 5 nitrogen and oxygen atoms in total. The summed E-state index contributed by atoms with van der Waals surface area (Å²) in [6.07, 6.45) is 5.03. The van der Waals surface area contributed by atoms with Gasteiger partial charge in [-0.2, -0.15) is 0 Å². The summed E-state index contributed by atoms with van der Waals surface area (Å²) in [5.41, 5.74) is 2.03. The molecule has 1 aliphatic rings. The number of halogens is 1. The average Bonchev–Trinajstić information content (AvgIpc) is 2.99. The molecule has 2 heterocycles. The number of allylic oxidation sites excluding steroid dienone is 1. The maximum absolute atomic E-state index is 12.5. The number of carbonyl (C=O) groups is 2. The van der Waals surface area contributed by atoms with Gasteiger partial charge in [0.25, 0.3) is 0 Å². The molecule has 0 atom stereocenters. The first-order valence-electron chi connectivity index (χ1n) is 8.52. The second kappa shape index (κ2) is 7.66. The summed E-state index contributed by atoms with van der Waals surface area (Å²) in [5, 5.41) is 0.605. The third-order valence-corrected chi connectivity index (χ3v) is 4.39. The van der Waals surface area contributed by atoms with Gasteiger partial charge in [0.1, 0.15) is 11.5 Å². The third kappa shape index (κ3) is 3.94. The molecule has 4 rings (SSSR count). The van der Waals surface area contributed by atoms with Crippen molar-refractivity contribution < 1.29 is 19.1 Å². The normalized spacial score (nSPS) is 13.9. The number of fused-ring (bicyclic) bond motifs is 1. The molecule has 1 aliphatic heterocycles. The highest BCUT2D eigenvalue weighted by Crippen LogP contribution is 2.35. The Bertz CT molecular complexity index is 1080. The van der Waals surface area contributed by atoms with Gasteiger partial charge in [-0.15, -0.1) is 0 Å². The zero-order valence-corrected chi connectivity index (χ0v) is 15.3. The van der Waals surface area contributed by atoms with Crippen LogP contribution in [0.25, 0.3) is 6.08 Å². The number of Topliss-reactive ketones (excluding diaryl/α,β-unsaturated/α-hetero) is 1. The Morgan fingerprint density at radius 1 is 1.07 bits per heavy atom. The highest BCUT2D eigenvalue weighted by molar-refractivity contribution is 6.30. The van der Waals surface area contributed by atoms with Crippen molar-refractivity contribution in [3.63, 3.8) is 0 Å². The minimum atomic E-state index is -0.417. The maximum Gasteiger partial charge on any atom is 0.315 e. The molecule has 3 aromatic rings. The summed E-state index contributed by atoms with van der Waals surface area (Å²) in [7, 11) is 0. The number of carbonyl (C=O) groups excluding carboxylic acids is 2. The topological polar surface area (TPSA) is 65.5 Å². The SMILES string of the molecule is O=C(Cc1ccc(Cl)cc1)Oc1ccc2c(c1)O/C(=C\c1ccncc1)C2=O. The van der Waals surface area contributed by atoms with Crippen molar-refractivity contribution >= 4 is 29.4 Å². The molecule has 0 amide bonds. The summed E-state index contributed by atoms with van der Waals surface area (Å²) in [6, 6.07) is 15.2. The third-order valence-electron chi connectivity index (χ3n) is 4.14. The van der Waals surface area contributed by atoms with E-state index in [1.54, 1.807) is 73.1 Å². The van der Waals surface area contributed by atoms with E-state index in [1.807, 2.05) is 0 Å². The van der Waals surface area contributed by atoms with Crippen molar-refractivity contribution in [2.75, 3.05) is 0 Å². The fourth-order valence-corrected chi connectivity index (χ4v) is 2.90. The maximum atomic E-state index is 12.5. The van der Waals surface area contributed by atoms with Gasteiger partial charge in [0.05, 0.1) is 12.0 Å². The molecule has 0 radical (unpaired) electrons. The minimum absolute atomic E-state index is 0.112. The van der Waals surface area contributed by atoms with Gasteiger partial charge in [-0.3, -0.25) is 14.6 Å². The molecule has 1 aromatic heterocycles. The van der Waals surface area contributed by atoms with Crippen LogP contribution < -0.4 is 9.47 Å². The number of hydrogen-bond acceptors (Lipinski definition) is 5. The number of ketones is 1. The van der Waals surface area contributed by atoms with Crippen LogP contribution in [0.2, 0.25) is 5.02 Å². The van der Waals surface area contributed by atoms with Gasteiger partial charge >= 0.3 is 5.97 Å². The lowest BCUT2D eigenvalue weighted by atomic mass is 10.1. The van der Waals surface area contributed by atoms with E-state index < -0.39 is 5.97 Å². The van der Waals surface area contributed by atoms with E-state index in [1.165, 1.54) is 0 Å². The van der Waals surface area contributed by atoms with Crippen LogP contribution in [-0.4, -0.2) is 16.7 Å². The zero-order chi connectivity index (χ0) is 19.5. The molecule has 6 heteroatoms. The number of hydrogen-bond donors (Lipinski definition) is 0. The molecule has 0 fully saturated rings. The zero-order valence-electron chi connectivity index (χ0n) is 14.6. The Kier molecular flexibility index (Phi) is 4.91. The predicted octanol–water partition coefficient (Wildman–Crippen LogP) is 4.50. The average molecular weight is 392 g/mol. The lowest BCUT2D eigenvalue weighted by Gasteiger charge is -2.06. The van der Waals surface area contributed by atoms with E-state index in [0.29, 0.717) is 22.1 Å². The lowest BCUT2D eigenvalue weighted by molar-refractivity contribution is -0.133. The molecule has 138 valence electrons. The molecule has 0 spiro atoms. The van der Waals surface area contributed by atoms with Crippen LogP contribution in [0.3, 0.4) is 0 Å². The Labute approximate surface area is 166 Å². The van der Waals surface area contributed by atoms with Gasteiger partial charge in [0.2, 0.25) is 5.78 Å². The Balaban J connectivity index is 1.47. The van der Waals surface area contributed by atoms with E-state index >= 15 is 0 Å². The second-order valence-electron chi connectivity index (χ2n) is 6.16.